The zero-order chi connectivity index (χ0) is 12.5. The highest BCUT2D eigenvalue weighted by Gasteiger charge is 2.32. The third kappa shape index (κ3) is 2.27. The smallest absolute Gasteiger partial charge is 0.174 e. The zero-order valence-corrected chi connectivity index (χ0v) is 10.9. The molecule has 0 saturated heterocycles. The highest BCUT2D eigenvalue weighted by molar-refractivity contribution is 5.61. The topological polar surface area (TPSA) is 18.5 Å². The highest BCUT2D eigenvalue weighted by Crippen LogP contribution is 2.35. The Balaban J connectivity index is 2.47. The van der Waals surface area contributed by atoms with Crippen molar-refractivity contribution in [2.75, 3.05) is 27.9 Å². The molecule has 3 nitrogen and oxygen atoms in total. The Hall–Kier alpha value is -1.16. The van der Waals surface area contributed by atoms with E-state index in [0.29, 0.717) is 11.3 Å². The van der Waals surface area contributed by atoms with E-state index in [1.807, 2.05) is 7.05 Å². The van der Waals surface area contributed by atoms with Gasteiger partial charge in [0.15, 0.2) is 5.69 Å². The number of ether oxygens (including phenoxy) is 1. The quantitative estimate of drug-likeness (QED) is 0.747. The van der Waals surface area contributed by atoms with E-state index in [0.717, 1.165) is 11.3 Å². The second kappa shape index (κ2) is 4.61. The number of benzene rings is 1. The molecule has 1 radical (unpaired) electrons. The van der Waals surface area contributed by atoms with Crippen LogP contribution in [0.3, 0.4) is 0 Å². The van der Waals surface area contributed by atoms with E-state index in [-0.39, 0.29) is 0 Å². The van der Waals surface area contributed by atoms with Crippen molar-refractivity contribution in [1.29, 1.82) is 0 Å². The van der Waals surface area contributed by atoms with Gasteiger partial charge in [-0.05, 0) is 12.5 Å². The number of quaternary nitrogens is 1. The molecule has 0 saturated carbocycles. The van der Waals surface area contributed by atoms with E-state index in [2.05, 4.69) is 37.7 Å². The van der Waals surface area contributed by atoms with E-state index in [1.54, 1.807) is 14.2 Å². The van der Waals surface area contributed by atoms with Gasteiger partial charge in [-0.3, -0.25) is 0 Å². The molecule has 1 atom stereocenters. The summed E-state index contributed by atoms with van der Waals surface area (Å²) >= 11 is 0. The minimum Gasteiger partial charge on any atom is -0.380 e. The number of nitrogens with zero attached hydrogens (tertiary/aromatic N) is 1. The van der Waals surface area contributed by atoms with Gasteiger partial charge in [0, 0.05) is 30.7 Å². The molecule has 17 heavy (non-hydrogen) atoms. The summed E-state index contributed by atoms with van der Waals surface area (Å²) in [6.07, 6.45) is 4.22. The predicted octanol–water partition coefficient (Wildman–Crippen LogP) is 2.59. The molecular weight excluding hydrogens is 214 g/mol. The van der Waals surface area contributed by atoms with Crippen LogP contribution in [0.2, 0.25) is 0 Å². The van der Waals surface area contributed by atoms with Crippen LogP contribution in [0.4, 0.5) is 5.69 Å². The second-order valence-corrected chi connectivity index (χ2v) is 4.52. The van der Waals surface area contributed by atoms with Crippen LogP contribution in [-0.4, -0.2) is 27.9 Å². The van der Waals surface area contributed by atoms with Gasteiger partial charge in [0.2, 0.25) is 0 Å². The molecule has 1 aliphatic heterocycles. The average Bonchev–Trinajstić information content (AvgIpc) is 2.31. The summed E-state index contributed by atoms with van der Waals surface area (Å²) < 4.78 is 5.55. The normalized spacial score (nSPS) is 23.2. The Morgan fingerprint density at radius 2 is 2.00 bits per heavy atom. The van der Waals surface area contributed by atoms with Crippen molar-refractivity contribution >= 4 is 5.69 Å². The summed E-state index contributed by atoms with van der Waals surface area (Å²) in [7, 11) is 5.45. The number of fused-ring (bicyclic) bond motifs is 1. The Labute approximate surface area is 103 Å². The summed E-state index contributed by atoms with van der Waals surface area (Å²) in [5.74, 6) is 0. The van der Waals surface area contributed by atoms with E-state index >= 15 is 0 Å². The lowest BCUT2D eigenvalue weighted by atomic mass is 9.98. The Bertz CT molecular complexity index is 454. The van der Waals surface area contributed by atoms with Crippen LogP contribution in [0.25, 0.3) is 0 Å². The van der Waals surface area contributed by atoms with Crippen LogP contribution >= 0.6 is 0 Å². The number of hydrogen-bond donors (Lipinski definition) is 0. The Kier molecular flexibility index (Phi) is 3.33. The van der Waals surface area contributed by atoms with Crippen LogP contribution in [0.5, 0.6) is 0 Å². The fourth-order valence-electron chi connectivity index (χ4n) is 2.18. The van der Waals surface area contributed by atoms with Gasteiger partial charge in [0.05, 0.1) is 13.7 Å². The molecule has 91 valence electrons. The van der Waals surface area contributed by atoms with Gasteiger partial charge in [-0.1, -0.05) is 12.1 Å². The van der Waals surface area contributed by atoms with E-state index in [9.17, 15) is 0 Å². The highest BCUT2D eigenvalue weighted by atomic mass is 16.7. The molecule has 2 rings (SSSR count). The summed E-state index contributed by atoms with van der Waals surface area (Å²) in [5.41, 5.74) is 4.72. The largest absolute Gasteiger partial charge is 0.380 e. The molecular formula is C14H19NO2+. The fourth-order valence-corrected chi connectivity index (χ4v) is 2.18. The molecule has 1 aliphatic rings. The maximum absolute atomic E-state index is 5.62. The number of hydrogen-bond acceptors (Lipinski definition) is 2. The van der Waals surface area contributed by atoms with Crippen molar-refractivity contribution in [1.82, 2.24) is 4.65 Å². The van der Waals surface area contributed by atoms with Gasteiger partial charge in [-0.2, -0.15) is 4.84 Å². The van der Waals surface area contributed by atoms with Gasteiger partial charge in [-0.15, -0.1) is 4.65 Å². The lowest BCUT2D eigenvalue weighted by molar-refractivity contribution is -0.0585. The molecule has 1 unspecified atom stereocenters. The van der Waals surface area contributed by atoms with Crippen molar-refractivity contribution < 1.29 is 9.57 Å². The third-order valence-electron chi connectivity index (χ3n) is 3.11. The molecule has 3 heteroatoms. The standard InChI is InChI=1S/C14H19NO2/c1-11-5-6-13-8-12(10-16-3)9-15(2,17-4)14(13)7-11/h5-9H,10H2,1-4H3/q+1. The monoisotopic (exact) mass is 233 g/mol. The SMILES string of the molecule is COCC1=C[N+](C)(OC)c2cc(C)ccc2[CH]1. The van der Waals surface area contributed by atoms with Crippen molar-refractivity contribution in [3.63, 3.8) is 0 Å². The van der Waals surface area contributed by atoms with Crippen LogP contribution in [0, 0.1) is 13.3 Å². The molecule has 0 aliphatic carbocycles. The van der Waals surface area contributed by atoms with E-state index in [1.165, 1.54) is 11.1 Å². The number of rotatable bonds is 3. The molecule has 0 bridgehead atoms. The molecule has 0 N–H and O–H groups in total. The van der Waals surface area contributed by atoms with Gasteiger partial charge < -0.3 is 4.74 Å². The van der Waals surface area contributed by atoms with E-state index < -0.39 is 0 Å². The first-order valence-electron chi connectivity index (χ1n) is 5.67. The van der Waals surface area contributed by atoms with Gasteiger partial charge in [0.1, 0.15) is 13.2 Å². The Morgan fingerprint density at radius 1 is 1.24 bits per heavy atom. The minimum absolute atomic E-state index is 0.353. The maximum atomic E-state index is 5.62. The van der Waals surface area contributed by atoms with Crippen LogP contribution in [0.15, 0.2) is 30.0 Å². The predicted molar refractivity (Wildman–Crippen MR) is 69.3 cm³/mol. The lowest BCUT2D eigenvalue weighted by Crippen LogP contribution is -2.41. The van der Waals surface area contributed by atoms with Crippen LogP contribution in [-0.2, 0) is 9.57 Å². The molecule has 0 fully saturated rings. The first-order valence-corrected chi connectivity index (χ1v) is 5.67. The molecule has 0 aromatic heterocycles. The summed E-state index contributed by atoms with van der Waals surface area (Å²) in [5, 5.41) is 0. The molecule has 1 aromatic rings. The van der Waals surface area contributed by atoms with Crippen molar-refractivity contribution in [2.24, 2.45) is 0 Å². The van der Waals surface area contributed by atoms with E-state index in [4.69, 9.17) is 9.57 Å². The van der Waals surface area contributed by atoms with Crippen molar-refractivity contribution in [3.05, 3.63) is 47.5 Å². The first kappa shape index (κ1) is 12.3. The van der Waals surface area contributed by atoms with Crippen LogP contribution in [0.1, 0.15) is 11.1 Å². The van der Waals surface area contributed by atoms with Gasteiger partial charge >= 0.3 is 0 Å². The Morgan fingerprint density at radius 3 is 2.65 bits per heavy atom. The number of hydroxylamine groups is 2. The minimum atomic E-state index is 0.353. The first-order chi connectivity index (χ1) is 8.09. The van der Waals surface area contributed by atoms with Gasteiger partial charge in [0.25, 0.3) is 0 Å². The van der Waals surface area contributed by atoms with Gasteiger partial charge in [-0.25, -0.2) is 0 Å². The summed E-state index contributed by atoms with van der Waals surface area (Å²) in [6, 6.07) is 6.41. The second-order valence-electron chi connectivity index (χ2n) is 4.52. The molecule has 0 spiro atoms. The number of methoxy groups -OCH3 is 1. The number of aryl methyl sites for hydroxylation is 1. The lowest BCUT2D eigenvalue weighted by Gasteiger charge is -2.31. The van der Waals surface area contributed by atoms with Crippen LogP contribution < -0.4 is 4.65 Å². The van der Waals surface area contributed by atoms with Crippen molar-refractivity contribution in [2.45, 2.75) is 6.92 Å². The molecule has 1 heterocycles. The molecule has 0 amide bonds. The third-order valence-corrected chi connectivity index (χ3v) is 3.11. The zero-order valence-electron chi connectivity index (χ0n) is 10.9. The summed E-state index contributed by atoms with van der Waals surface area (Å²) in [6.45, 7) is 2.69. The maximum Gasteiger partial charge on any atom is 0.174 e. The van der Waals surface area contributed by atoms with Crippen molar-refractivity contribution in [3.8, 4) is 0 Å². The average molecular weight is 233 g/mol. The molecule has 1 aromatic carbocycles. The fraction of sp³-hybridized carbons (Fsp3) is 0.357. The summed E-state index contributed by atoms with van der Waals surface area (Å²) in [4.78, 5) is 5.62.